The van der Waals surface area contributed by atoms with Crippen LogP contribution < -0.4 is 0 Å². The van der Waals surface area contributed by atoms with E-state index < -0.39 is 6.10 Å². The first-order valence-corrected chi connectivity index (χ1v) is 1.91. The monoisotopic (exact) mass is 104 g/mol. The zero-order valence-corrected chi connectivity index (χ0v) is 3.78. The van der Waals surface area contributed by atoms with Crippen LogP contribution in [0.15, 0.2) is 12.3 Å². The lowest BCUT2D eigenvalue weighted by Gasteiger charge is -1.93. The number of aliphatic hydroxyl groups is 3. The molecule has 0 aromatic rings. The van der Waals surface area contributed by atoms with Gasteiger partial charge in [-0.15, -0.1) is 0 Å². The molecule has 0 rings (SSSR count). The number of aliphatic hydroxyl groups excluding tert-OH is 3. The van der Waals surface area contributed by atoms with E-state index in [-0.39, 0.29) is 6.61 Å². The second kappa shape index (κ2) is 3.64. The van der Waals surface area contributed by atoms with E-state index in [4.69, 9.17) is 15.3 Å². The van der Waals surface area contributed by atoms with E-state index in [1.165, 1.54) is 0 Å². The topological polar surface area (TPSA) is 60.7 Å². The SMILES string of the molecule is OC=CC(O)CO. The molecule has 0 amide bonds. The Bertz CT molecular complexity index is 60.0. The van der Waals surface area contributed by atoms with Gasteiger partial charge in [-0.25, -0.2) is 0 Å². The van der Waals surface area contributed by atoms with E-state index in [9.17, 15) is 0 Å². The van der Waals surface area contributed by atoms with Crippen molar-refractivity contribution >= 4 is 0 Å². The molecule has 3 N–H and O–H groups in total. The zero-order chi connectivity index (χ0) is 5.70. The molecule has 0 spiro atoms. The van der Waals surface area contributed by atoms with Crippen molar-refractivity contribution in [2.24, 2.45) is 0 Å². The Balaban J connectivity index is 3.16. The van der Waals surface area contributed by atoms with Crippen LogP contribution in [0.25, 0.3) is 0 Å². The summed E-state index contributed by atoms with van der Waals surface area (Å²) in [6.07, 6.45) is 0.853. The maximum Gasteiger partial charge on any atom is 0.0983 e. The number of rotatable bonds is 2. The Hall–Kier alpha value is -0.540. The Morgan fingerprint density at radius 2 is 2.14 bits per heavy atom. The maximum atomic E-state index is 8.36. The summed E-state index contributed by atoms with van der Waals surface area (Å²) in [5, 5.41) is 24.3. The molecule has 0 saturated heterocycles. The van der Waals surface area contributed by atoms with E-state index >= 15 is 0 Å². The Morgan fingerprint density at radius 3 is 2.29 bits per heavy atom. The van der Waals surface area contributed by atoms with Crippen LogP contribution in [0.5, 0.6) is 0 Å². The Morgan fingerprint density at radius 1 is 1.57 bits per heavy atom. The first kappa shape index (κ1) is 6.46. The van der Waals surface area contributed by atoms with E-state index in [0.29, 0.717) is 6.26 Å². The van der Waals surface area contributed by atoms with Gasteiger partial charge in [0.05, 0.1) is 19.0 Å². The summed E-state index contributed by atoms with van der Waals surface area (Å²) in [7, 11) is 0. The van der Waals surface area contributed by atoms with E-state index in [1.807, 2.05) is 0 Å². The van der Waals surface area contributed by atoms with Crippen LogP contribution in [0, 0.1) is 0 Å². The Labute approximate surface area is 41.5 Å². The molecule has 0 radical (unpaired) electrons. The van der Waals surface area contributed by atoms with Gasteiger partial charge in [0.25, 0.3) is 0 Å². The van der Waals surface area contributed by atoms with Crippen molar-refractivity contribution in [2.75, 3.05) is 6.61 Å². The molecule has 1 atom stereocenters. The molecule has 3 nitrogen and oxygen atoms in total. The quantitative estimate of drug-likeness (QED) is 0.410. The zero-order valence-electron chi connectivity index (χ0n) is 3.78. The van der Waals surface area contributed by atoms with E-state index in [1.54, 1.807) is 0 Å². The smallest absolute Gasteiger partial charge is 0.0983 e. The molecule has 0 saturated carbocycles. The van der Waals surface area contributed by atoms with Crippen LogP contribution in [0.1, 0.15) is 0 Å². The minimum atomic E-state index is -0.926. The van der Waals surface area contributed by atoms with Crippen LogP contribution in [-0.2, 0) is 0 Å². The van der Waals surface area contributed by atoms with Gasteiger partial charge in [-0.2, -0.15) is 0 Å². The van der Waals surface area contributed by atoms with Crippen LogP contribution >= 0.6 is 0 Å². The summed E-state index contributed by atoms with van der Waals surface area (Å²) < 4.78 is 0. The average Bonchev–Trinajstić information content (AvgIpc) is 1.68. The van der Waals surface area contributed by atoms with Crippen molar-refractivity contribution in [2.45, 2.75) is 6.10 Å². The summed E-state index contributed by atoms with van der Waals surface area (Å²) in [5.41, 5.74) is 0. The van der Waals surface area contributed by atoms with Gasteiger partial charge in [0.2, 0.25) is 0 Å². The molecule has 0 aliphatic rings. The van der Waals surface area contributed by atoms with Gasteiger partial charge in [-0.3, -0.25) is 0 Å². The highest BCUT2D eigenvalue weighted by Crippen LogP contribution is 1.79. The molecular formula is C4H8O3. The molecular weight excluding hydrogens is 96.0 g/mol. The third-order valence-electron chi connectivity index (χ3n) is 0.495. The average molecular weight is 104 g/mol. The van der Waals surface area contributed by atoms with Crippen molar-refractivity contribution in [3.8, 4) is 0 Å². The van der Waals surface area contributed by atoms with Crippen molar-refractivity contribution in [1.29, 1.82) is 0 Å². The molecule has 0 aliphatic heterocycles. The molecule has 0 aromatic carbocycles. The van der Waals surface area contributed by atoms with E-state index in [2.05, 4.69) is 0 Å². The molecule has 0 bridgehead atoms. The summed E-state index contributed by atoms with van der Waals surface area (Å²) in [6, 6.07) is 0. The van der Waals surface area contributed by atoms with Crippen LogP contribution in [-0.4, -0.2) is 28.0 Å². The van der Waals surface area contributed by atoms with Crippen LogP contribution in [0.2, 0.25) is 0 Å². The highest BCUT2D eigenvalue weighted by atomic mass is 16.3. The van der Waals surface area contributed by atoms with Gasteiger partial charge in [-0.1, -0.05) is 0 Å². The second-order valence-electron chi connectivity index (χ2n) is 1.09. The van der Waals surface area contributed by atoms with Crippen LogP contribution in [0.3, 0.4) is 0 Å². The number of hydrogen-bond acceptors (Lipinski definition) is 3. The fourth-order valence-electron chi connectivity index (χ4n) is 0.160. The van der Waals surface area contributed by atoms with Gasteiger partial charge in [-0.05, 0) is 6.08 Å². The lowest BCUT2D eigenvalue weighted by Crippen LogP contribution is -2.06. The fraction of sp³-hybridized carbons (Fsp3) is 0.500. The molecule has 1 unspecified atom stereocenters. The normalized spacial score (nSPS) is 15.1. The van der Waals surface area contributed by atoms with Gasteiger partial charge in [0.15, 0.2) is 0 Å². The van der Waals surface area contributed by atoms with Crippen molar-refractivity contribution in [3.63, 3.8) is 0 Å². The van der Waals surface area contributed by atoms with Crippen molar-refractivity contribution < 1.29 is 15.3 Å². The van der Waals surface area contributed by atoms with Gasteiger partial charge in [0.1, 0.15) is 0 Å². The molecule has 0 aliphatic carbocycles. The first-order chi connectivity index (χ1) is 3.31. The third kappa shape index (κ3) is 3.29. The predicted molar refractivity (Wildman–Crippen MR) is 24.9 cm³/mol. The largest absolute Gasteiger partial charge is 0.516 e. The van der Waals surface area contributed by atoms with Gasteiger partial charge in [0, 0.05) is 0 Å². The third-order valence-corrected chi connectivity index (χ3v) is 0.495. The molecule has 3 heteroatoms. The van der Waals surface area contributed by atoms with E-state index in [0.717, 1.165) is 6.08 Å². The minimum Gasteiger partial charge on any atom is -0.516 e. The lowest BCUT2D eigenvalue weighted by molar-refractivity contribution is 0.129. The maximum absolute atomic E-state index is 8.36. The van der Waals surface area contributed by atoms with Crippen molar-refractivity contribution in [3.05, 3.63) is 12.3 Å². The van der Waals surface area contributed by atoms with Crippen molar-refractivity contribution in [1.82, 2.24) is 0 Å². The minimum absolute atomic E-state index is 0.350. The first-order valence-electron chi connectivity index (χ1n) is 1.91. The lowest BCUT2D eigenvalue weighted by atomic mass is 10.4. The highest BCUT2D eigenvalue weighted by molar-refractivity contribution is 4.80. The van der Waals surface area contributed by atoms with Gasteiger partial charge < -0.3 is 15.3 Å². The summed E-state index contributed by atoms with van der Waals surface area (Å²) in [5.74, 6) is 0. The fourth-order valence-corrected chi connectivity index (χ4v) is 0.160. The Kier molecular flexibility index (Phi) is 3.36. The summed E-state index contributed by atoms with van der Waals surface area (Å²) >= 11 is 0. The second-order valence-corrected chi connectivity index (χ2v) is 1.09. The molecule has 0 aromatic heterocycles. The molecule has 0 fully saturated rings. The highest BCUT2D eigenvalue weighted by Gasteiger charge is 1.90. The number of hydrogen-bond donors (Lipinski definition) is 3. The van der Waals surface area contributed by atoms with Crippen LogP contribution in [0.4, 0.5) is 0 Å². The van der Waals surface area contributed by atoms with Gasteiger partial charge >= 0.3 is 0 Å². The molecule has 42 valence electrons. The molecule has 0 heterocycles. The standard InChI is InChI=1S/C4H8O3/c5-2-1-4(7)3-6/h1-2,4-7H,3H2. The summed E-state index contributed by atoms with van der Waals surface area (Å²) in [6.45, 7) is -0.350. The predicted octanol–water partition coefficient (Wildman–Crippen LogP) is -0.589. The molecule has 7 heavy (non-hydrogen) atoms. The summed E-state index contributed by atoms with van der Waals surface area (Å²) in [4.78, 5) is 0.